The van der Waals surface area contributed by atoms with Gasteiger partial charge in [0, 0.05) is 0 Å². The van der Waals surface area contributed by atoms with E-state index in [1.54, 1.807) is 6.92 Å². The smallest absolute Gasteiger partial charge is 0.317 e. The number of Topliss-reactive ketones (excluding diaryl/α,β-unsaturated/α-hetero) is 1. The molecule has 0 N–H and O–H groups in total. The predicted molar refractivity (Wildman–Crippen MR) is 39.0 cm³/mol. The number of hydrogen-bond donors (Lipinski definition) is 0. The molecule has 1 heterocycles. The van der Waals surface area contributed by atoms with Crippen LogP contribution in [0.5, 0.6) is 0 Å². The highest BCUT2D eigenvalue weighted by atomic mass is 16.6. The lowest BCUT2D eigenvalue weighted by molar-refractivity contribution is -0.144. The molecule has 3 heteroatoms. The monoisotopic (exact) mass is 156 g/mol. The predicted octanol–water partition coefficient (Wildman–Crippen LogP) is 0.917. The highest BCUT2D eigenvalue weighted by Crippen LogP contribution is 2.19. The standard InChI is InChI=1S/C8H12O3/c1-3-4-6-7(9)5(2)8(10)11-6/h5-6H,3-4H2,1-2H3/t5-,6-/m0/s1. The number of hydrogen-bond acceptors (Lipinski definition) is 3. The van der Waals surface area contributed by atoms with Crippen LogP contribution in [0.25, 0.3) is 0 Å². The van der Waals surface area contributed by atoms with Gasteiger partial charge in [-0.25, -0.2) is 0 Å². The Balaban J connectivity index is 2.60. The highest BCUT2D eigenvalue weighted by molar-refractivity contribution is 6.06. The van der Waals surface area contributed by atoms with Crippen molar-refractivity contribution in [3.63, 3.8) is 0 Å². The second-order valence-corrected chi connectivity index (χ2v) is 2.84. The van der Waals surface area contributed by atoms with Gasteiger partial charge in [-0.15, -0.1) is 0 Å². The second-order valence-electron chi connectivity index (χ2n) is 2.84. The lowest BCUT2D eigenvalue weighted by Gasteiger charge is -2.03. The second kappa shape index (κ2) is 3.03. The van der Waals surface area contributed by atoms with Crippen LogP contribution in [0.2, 0.25) is 0 Å². The minimum atomic E-state index is -0.536. The number of ketones is 1. The Hall–Kier alpha value is -0.860. The first-order valence-corrected chi connectivity index (χ1v) is 3.91. The maximum atomic E-state index is 11.2. The third kappa shape index (κ3) is 1.42. The first-order valence-electron chi connectivity index (χ1n) is 3.91. The summed E-state index contributed by atoms with van der Waals surface area (Å²) in [4.78, 5) is 22.0. The fraction of sp³-hybridized carbons (Fsp3) is 0.750. The van der Waals surface area contributed by atoms with Crippen LogP contribution in [-0.4, -0.2) is 17.9 Å². The Morgan fingerprint density at radius 2 is 2.09 bits per heavy atom. The summed E-state index contributed by atoms with van der Waals surface area (Å²) in [5.41, 5.74) is 0. The fourth-order valence-electron chi connectivity index (χ4n) is 1.16. The van der Waals surface area contributed by atoms with Gasteiger partial charge < -0.3 is 4.74 Å². The molecule has 0 radical (unpaired) electrons. The molecule has 1 fully saturated rings. The molecule has 11 heavy (non-hydrogen) atoms. The van der Waals surface area contributed by atoms with Crippen molar-refractivity contribution < 1.29 is 14.3 Å². The first-order chi connectivity index (χ1) is 5.16. The van der Waals surface area contributed by atoms with E-state index in [1.165, 1.54) is 0 Å². The van der Waals surface area contributed by atoms with E-state index in [-0.39, 0.29) is 11.8 Å². The molecular weight excluding hydrogens is 144 g/mol. The summed E-state index contributed by atoms with van der Waals surface area (Å²) in [7, 11) is 0. The molecule has 0 aromatic heterocycles. The lowest BCUT2D eigenvalue weighted by Crippen LogP contribution is -2.18. The van der Waals surface area contributed by atoms with Crippen molar-refractivity contribution >= 4 is 11.8 Å². The van der Waals surface area contributed by atoms with Crippen molar-refractivity contribution in [3.8, 4) is 0 Å². The Labute approximate surface area is 65.7 Å². The van der Waals surface area contributed by atoms with Crippen molar-refractivity contribution in [1.82, 2.24) is 0 Å². The van der Waals surface area contributed by atoms with Gasteiger partial charge in [-0.3, -0.25) is 9.59 Å². The Morgan fingerprint density at radius 3 is 2.45 bits per heavy atom. The molecule has 1 rings (SSSR count). The Bertz CT molecular complexity index is 186. The molecule has 3 nitrogen and oxygen atoms in total. The van der Waals surface area contributed by atoms with Crippen LogP contribution in [0.4, 0.5) is 0 Å². The summed E-state index contributed by atoms with van der Waals surface area (Å²) in [6.07, 6.45) is 1.08. The van der Waals surface area contributed by atoms with E-state index in [1.807, 2.05) is 6.92 Å². The number of cyclic esters (lactones) is 1. The Morgan fingerprint density at radius 1 is 1.45 bits per heavy atom. The number of carbonyl (C=O) groups is 2. The molecule has 0 saturated carbocycles. The normalized spacial score (nSPS) is 30.7. The SMILES string of the molecule is CCC[C@@H]1OC(=O)[C@@H](C)C1=O. The quantitative estimate of drug-likeness (QED) is 0.441. The summed E-state index contributed by atoms with van der Waals surface area (Å²) in [6.45, 7) is 3.56. The summed E-state index contributed by atoms with van der Waals surface area (Å²) < 4.78 is 4.84. The van der Waals surface area contributed by atoms with Crippen molar-refractivity contribution in [2.45, 2.75) is 32.8 Å². The van der Waals surface area contributed by atoms with Crippen LogP contribution in [0.3, 0.4) is 0 Å². The van der Waals surface area contributed by atoms with E-state index in [0.29, 0.717) is 6.42 Å². The zero-order valence-corrected chi connectivity index (χ0v) is 6.79. The number of carbonyl (C=O) groups excluding carboxylic acids is 2. The van der Waals surface area contributed by atoms with Gasteiger partial charge in [0.2, 0.25) is 0 Å². The molecule has 1 aliphatic rings. The Kier molecular flexibility index (Phi) is 2.27. The van der Waals surface area contributed by atoms with Gasteiger partial charge in [-0.1, -0.05) is 13.3 Å². The zero-order chi connectivity index (χ0) is 8.43. The van der Waals surface area contributed by atoms with Gasteiger partial charge in [-0.2, -0.15) is 0 Å². The van der Waals surface area contributed by atoms with E-state index in [9.17, 15) is 9.59 Å². The summed E-state index contributed by atoms with van der Waals surface area (Å²) in [5, 5.41) is 0. The maximum Gasteiger partial charge on any atom is 0.317 e. The minimum Gasteiger partial charge on any atom is -0.454 e. The van der Waals surface area contributed by atoms with Crippen molar-refractivity contribution in [2.75, 3.05) is 0 Å². The van der Waals surface area contributed by atoms with Crippen LogP contribution in [0.1, 0.15) is 26.7 Å². The molecule has 0 spiro atoms. The third-order valence-electron chi connectivity index (χ3n) is 1.91. The van der Waals surface area contributed by atoms with Crippen molar-refractivity contribution in [2.24, 2.45) is 5.92 Å². The average molecular weight is 156 g/mol. The van der Waals surface area contributed by atoms with Gasteiger partial charge in [0.25, 0.3) is 0 Å². The van der Waals surface area contributed by atoms with Gasteiger partial charge in [-0.05, 0) is 13.3 Å². The van der Waals surface area contributed by atoms with Gasteiger partial charge in [0.1, 0.15) is 5.92 Å². The maximum absolute atomic E-state index is 11.2. The number of rotatable bonds is 2. The van der Waals surface area contributed by atoms with Crippen molar-refractivity contribution in [3.05, 3.63) is 0 Å². The summed E-state index contributed by atoms with van der Waals surface area (Å²) in [6, 6.07) is 0. The topological polar surface area (TPSA) is 43.4 Å². The first kappa shape index (κ1) is 8.24. The molecule has 0 amide bonds. The van der Waals surface area contributed by atoms with E-state index >= 15 is 0 Å². The van der Waals surface area contributed by atoms with Gasteiger partial charge in [0.05, 0.1) is 0 Å². The van der Waals surface area contributed by atoms with E-state index in [2.05, 4.69) is 0 Å². The third-order valence-corrected chi connectivity index (χ3v) is 1.91. The van der Waals surface area contributed by atoms with Crippen LogP contribution in [0.15, 0.2) is 0 Å². The van der Waals surface area contributed by atoms with Gasteiger partial charge in [0.15, 0.2) is 11.9 Å². The van der Waals surface area contributed by atoms with Crippen LogP contribution < -0.4 is 0 Å². The van der Waals surface area contributed by atoms with Crippen LogP contribution in [0, 0.1) is 5.92 Å². The van der Waals surface area contributed by atoms with E-state index in [0.717, 1.165) is 6.42 Å². The van der Waals surface area contributed by atoms with E-state index < -0.39 is 12.0 Å². The molecule has 0 unspecified atom stereocenters. The molecule has 62 valence electrons. The lowest BCUT2D eigenvalue weighted by atomic mass is 10.0. The molecule has 0 aromatic carbocycles. The number of esters is 1. The molecule has 1 saturated heterocycles. The zero-order valence-electron chi connectivity index (χ0n) is 6.79. The summed E-state index contributed by atoms with van der Waals surface area (Å²) >= 11 is 0. The molecule has 0 bridgehead atoms. The van der Waals surface area contributed by atoms with Crippen LogP contribution in [-0.2, 0) is 14.3 Å². The summed E-state index contributed by atoms with van der Waals surface area (Å²) in [5.74, 6) is -0.961. The highest BCUT2D eigenvalue weighted by Gasteiger charge is 2.39. The van der Waals surface area contributed by atoms with E-state index in [4.69, 9.17) is 4.74 Å². The molecule has 1 aliphatic heterocycles. The van der Waals surface area contributed by atoms with Crippen molar-refractivity contribution in [1.29, 1.82) is 0 Å². The molecular formula is C8H12O3. The molecule has 2 atom stereocenters. The average Bonchev–Trinajstić information content (AvgIpc) is 2.19. The molecule has 0 aromatic rings. The number of ether oxygens (including phenoxy) is 1. The van der Waals surface area contributed by atoms with Gasteiger partial charge >= 0.3 is 5.97 Å². The fourth-order valence-corrected chi connectivity index (χ4v) is 1.16. The molecule has 0 aliphatic carbocycles. The van der Waals surface area contributed by atoms with Crippen LogP contribution >= 0.6 is 0 Å². The minimum absolute atomic E-state index is 0.0585. The largest absolute Gasteiger partial charge is 0.454 e.